The van der Waals surface area contributed by atoms with Gasteiger partial charge in [-0.2, -0.15) is 0 Å². The van der Waals surface area contributed by atoms with Crippen LogP contribution in [0, 0.1) is 12.7 Å². The van der Waals surface area contributed by atoms with E-state index in [-0.39, 0.29) is 11.1 Å². The van der Waals surface area contributed by atoms with Crippen molar-refractivity contribution in [1.82, 2.24) is 0 Å². The lowest BCUT2D eigenvalue weighted by Gasteiger charge is -2.08. The molecule has 1 heterocycles. The molecule has 0 saturated heterocycles. The lowest BCUT2D eigenvalue weighted by atomic mass is 10.0. The lowest BCUT2D eigenvalue weighted by molar-refractivity contribution is 0.387. The van der Waals surface area contributed by atoms with Gasteiger partial charge < -0.3 is 14.9 Å². The molecule has 0 aliphatic heterocycles. The SMILES string of the molecule is COc1cc2c(=O)oc3cc(N)c(C)cc3c2cc1F. The molecule has 3 aromatic rings. The molecule has 102 valence electrons. The molecular weight excluding hydrogens is 261 g/mol. The summed E-state index contributed by atoms with van der Waals surface area (Å²) >= 11 is 0. The topological polar surface area (TPSA) is 65.5 Å². The van der Waals surface area contributed by atoms with Gasteiger partial charge in [0.05, 0.1) is 12.5 Å². The van der Waals surface area contributed by atoms with Crippen LogP contribution in [-0.4, -0.2) is 7.11 Å². The number of halogens is 1. The van der Waals surface area contributed by atoms with Crippen LogP contribution in [0.1, 0.15) is 5.56 Å². The number of methoxy groups -OCH3 is 1. The molecule has 0 saturated carbocycles. The highest BCUT2D eigenvalue weighted by Gasteiger charge is 2.13. The zero-order valence-electron chi connectivity index (χ0n) is 11.0. The second-order valence-corrected chi connectivity index (χ2v) is 4.63. The quantitative estimate of drug-likeness (QED) is 0.420. The first kappa shape index (κ1) is 12.5. The summed E-state index contributed by atoms with van der Waals surface area (Å²) in [6, 6.07) is 5.99. The summed E-state index contributed by atoms with van der Waals surface area (Å²) in [5.41, 5.74) is 6.95. The molecule has 5 heteroatoms. The Labute approximate surface area is 113 Å². The molecule has 0 atom stereocenters. The van der Waals surface area contributed by atoms with E-state index in [1.165, 1.54) is 19.2 Å². The molecule has 0 aliphatic rings. The normalized spacial score (nSPS) is 11.2. The fourth-order valence-corrected chi connectivity index (χ4v) is 2.26. The number of ether oxygens (including phenoxy) is 1. The van der Waals surface area contributed by atoms with E-state index < -0.39 is 11.4 Å². The van der Waals surface area contributed by atoms with Gasteiger partial charge in [0.1, 0.15) is 5.58 Å². The van der Waals surface area contributed by atoms with E-state index in [9.17, 15) is 9.18 Å². The van der Waals surface area contributed by atoms with E-state index in [2.05, 4.69) is 0 Å². The van der Waals surface area contributed by atoms with Crippen molar-refractivity contribution in [3.05, 3.63) is 46.1 Å². The summed E-state index contributed by atoms with van der Waals surface area (Å²) < 4.78 is 24.0. The van der Waals surface area contributed by atoms with Gasteiger partial charge in [-0.3, -0.25) is 0 Å². The van der Waals surface area contributed by atoms with Crippen molar-refractivity contribution < 1.29 is 13.5 Å². The van der Waals surface area contributed by atoms with Gasteiger partial charge >= 0.3 is 5.63 Å². The Morgan fingerprint density at radius 1 is 1.15 bits per heavy atom. The first-order valence-electron chi connectivity index (χ1n) is 6.01. The van der Waals surface area contributed by atoms with Crippen molar-refractivity contribution in [2.45, 2.75) is 6.92 Å². The van der Waals surface area contributed by atoms with Gasteiger partial charge in [-0.05, 0) is 30.7 Å². The number of rotatable bonds is 1. The Morgan fingerprint density at radius 3 is 2.60 bits per heavy atom. The number of aryl methyl sites for hydroxylation is 1. The van der Waals surface area contributed by atoms with Crippen molar-refractivity contribution in [3.8, 4) is 5.75 Å². The van der Waals surface area contributed by atoms with Crippen molar-refractivity contribution in [1.29, 1.82) is 0 Å². The Kier molecular flexibility index (Phi) is 2.64. The third-order valence-corrected chi connectivity index (χ3v) is 3.37. The van der Waals surface area contributed by atoms with Gasteiger partial charge in [0.15, 0.2) is 11.6 Å². The largest absolute Gasteiger partial charge is 0.494 e. The Hall–Kier alpha value is -2.56. The van der Waals surface area contributed by atoms with Crippen LogP contribution in [-0.2, 0) is 0 Å². The molecule has 1 aromatic heterocycles. The van der Waals surface area contributed by atoms with Crippen LogP contribution in [0.3, 0.4) is 0 Å². The molecule has 0 aliphatic carbocycles. The number of hydrogen-bond acceptors (Lipinski definition) is 4. The van der Waals surface area contributed by atoms with Crippen molar-refractivity contribution in [3.63, 3.8) is 0 Å². The van der Waals surface area contributed by atoms with Crippen LogP contribution in [0.15, 0.2) is 33.5 Å². The molecule has 2 aromatic carbocycles. The molecule has 0 bridgehead atoms. The molecule has 20 heavy (non-hydrogen) atoms. The van der Waals surface area contributed by atoms with Gasteiger partial charge in [0.25, 0.3) is 0 Å². The van der Waals surface area contributed by atoms with Crippen LogP contribution < -0.4 is 16.1 Å². The van der Waals surface area contributed by atoms with Crippen LogP contribution in [0.5, 0.6) is 5.75 Å². The van der Waals surface area contributed by atoms with Gasteiger partial charge in [0.2, 0.25) is 0 Å². The number of fused-ring (bicyclic) bond motifs is 3. The van der Waals surface area contributed by atoms with Gasteiger partial charge in [-0.25, -0.2) is 9.18 Å². The van der Waals surface area contributed by atoms with E-state index in [0.29, 0.717) is 22.0 Å². The van der Waals surface area contributed by atoms with Crippen LogP contribution in [0.25, 0.3) is 21.7 Å². The molecule has 4 nitrogen and oxygen atoms in total. The first-order valence-corrected chi connectivity index (χ1v) is 6.01. The molecular formula is C15H12FNO3. The third kappa shape index (κ3) is 1.71. The summed E-state index contributed by atoms with van der Waals surface area (Å²) in [7, 11) is 1.34. The summed E-state index contributed by atoms with van der Waals surface area (Å²) in [6.07, 6.45) is 0. The van der Waals surface area contributed by atoms with Crippen molar-refractivity contribution in [2.75, 3.05) is 12.8 Å². The Balaban J connectivity index is 2.55. The molecule has 3 rings (SSSR count). The maximum Gasteiger partial charge on any atom is 0.344 e. The average Bonchev–Trinajstić information content (AvgIpc) is 2.41. The molecule has 0 amide bonds. The van der Waals surface area contributed by atoms with Crippen LogP contribution in [0.2, 0.25) is 0 Å². The monoisotopic (exact) mass is 273 g/mol. The van der Waals surface area contributed by atoms with E-state index in [1.54, 1.807) is 12.1 Å². The number of nitrogens with two attached hydrogens (primary N) is 1. The van der Waals surface area contributed by atoms with Crippen LogP contribution >= 0.6 is 0 Å². The number of benzene rings is 2. The molecule has 2 N–H and O–H groups in total. The van der Waals surface area contributed by atoms with E-state index in [4.69, 9.17) is 14.9 Å². The minimum absolute atomic E-state index is 0.0105. The maximum atomic E-state index is 13.9. The Morgan fingerprint density at radius 2 is 1.90 bits per heavy atom. The van der Waals surface area contributed by atoms with E-state index >= 15 is 0 Å². The fraction of sp³-hybridized carbons (Fsp3) is 0.133. The number of hydrogen-bond donors (Lipinski definition) is 1. The molecule has 0 radical (unpaired) electrons. The summed E-state index contributed by atoms with van der Waals surface area (Å²) in [6.45, 7) is 1.84. The zero-order valence-corrected chi connectivity index (χ0v) is 11.0. The first-order chi connectivity index (χ1) is 9.51. The highest BCUT2D eigenvalue weighted by molar-refractivity contribution is 6.05. The molecule has 0 unspecified atom stereocenters. The smallest absolute Gasteiger partial charge is 0.344 e. The second kappa shape index (κ2) is 4.23. The standard InChI is InChI=1S/C15H12FNO3/c1-7-3-9-8-4-11(16)14(19-2)5-10(8)15(18)20-13(9)6-12(7)17/h3-6H,17H2,1-2H3. The summed E-state index contributed by atoms with van der Waals surface area (Å²) in [4.78, 5) is 12.0. The Bertz CT molecular complexity index is 899. The minimum Gasteiger partial charge on any atom is -0.494 e. The number of anilines is 1. The average molecular weight is 273 g/mol. The molecule has 0 spiro atoms. The number of nitrogen functional groups attached to an aromatic ring is 1. The van der Waals surface area contributed by atoms with Crippen LogP contribution in [0.4, 0.5) is 10.1 Å². The lowest BCUT2D eigenvalue weighted by Crippen LogP contribution is -2.02. The van der Waals surface area contributed by atoms with Crippen molar-refractivity contribution >= 4 is 27.4 Å². The van der Waals surface area contributed by atoms with Gasteiger partial charge in [-0.15, -0.1) is 0 Å². The predicted octanol–water partition coefficient (Wildman–Crippen LogP) is 2.98. The van der Waals surface area contributed by atoms with Gasteiger partial charge in [0, 0.05) is 22.5 Å². The van der Waals surface area contributed by atoms with E-state index in [0.717, 1.165) is 5.56 Å². The fourth-order valence-electron chi connectivity index (χ4n) is 2.26. The van der Waals surface area contributed by atoms with Gasteiger partial charge in [-0.1, -0.05) is 0 Å². The third-order valence-electron chi connectivity index (χ3n) is 3.37. The molecule has 0 fully saturated rings. The van der Waals surface area contributed by atoms with E-state index in [1.807, 2.05) is 6.92 Å². The van der Waals surface area contributed by atoms with Crippen molar-refractivity contribution in [2.24, 2.45) is 0 Å². The highest BCUT2D eigenvalue weighted by atomic mass is 19.1. The minimum atomic E-state index is -0.547. The maximum absolute atomic E-state index is 13.9. The summed E-state index contributed by atoms with van der Waals surface area (Å²) in [5.74, 6) is -0.516. The highest BCUT2D eigenvalue weighted by Crippen LogP contribution is 2.30. The summed E-state index contributed by atoms with van der Waals surface area (Å²) in [5, 5.41) is 1.41. The second-order valence-electron chi connectivity index (χ2n) is 4.63. The predicted molar refractivity (Wildman–Crippen MR) is 75.6 cm³/mol. The zero-order chi connectivity index (χ0) is 14.4.